The van der Waals surface area contributed by atoms with E-state index < -0.39 is 12.1 Å². The Morgan fingerprint density at radius 1 is 1.07 bits per heavy atom. The van der Waals surface area contributed by atoms with Crippen molar-refractivity contribution in [3.8, 4) is 28.6 Å². The van der Waals surface area contributed by atoms with Gasteiger partial charge in [-0.1, -0.05) is 37.6 Å². The fourth-order valence-electron chi connectivity index (χ4n) is 4.51. The summed E-state index contributed by atoms with van der Waals surface area (Å²) in [4.78, 5) is 30.7. The molecule has 0 radical (unpaired) electrons. The predicted octanol–water partition coefficient (Wildman–Crippen LogP) is 6.38. The van der Waals surface area contributed by atoms with Crippen LogP contribution in [0.2, 0.25) is 5.02 Å². The van der Waals surface area contributed by atoms with Crippen LogP contribution >= 0.6 is 11.6 Å². The van der Waals surface area contributed by atoms with Crippen LogP contribution in [-0.4, -0.2) is 48.8 Å². The van der Waals surface area contributed by atoms with Gasteiger partial charge in [0.1, 0.15) is 5.75 Å². The molecular formula is C32H34ClN3O6. The molecule has 0 saturated heterocycles. The predicted molar refractivity (Wildman–Crippen MR) is 165 cm³/mol. The summed E-state index contributed by atoms with van der Waals surface area (Å²) in [5.41, 5.74) is 3.39. The number of para-hydroxylation sites is 1. The van der Waals surface area contributed by atoms with Crippen molar-refractivity contribution in [2.75, 3.05) is 20.8 Å². The average Bonchev–Trinajstić information content (AvgIpc) is 2.97. The minimum atomic E-state index is -0.899. The smallest absolute Gasteiger partial charge is 0.347 e. The molecule has 0 unspecified atom stereocenters. The lowest BCUT2D eigenvalue weighted by molar-refractivity contribution is -0.150. The SMILES string of the molecule is CCOC(=O)[C@@H](C)Oc1c(Cl)cc(C=Nn2c(-c3cc(C(C)C)c(OC)cc3C)nc3ccccc3c2=O)cc1OC. The van der Waals surface area contributed by atoms with Crippen LogP contribution in [0.3, 0.4) is 0 Å². The molecular weight excluding hydrogens is 558 g/mol. The summed E-state index contributed by atoms with van der Waals surface area (Å²) in [7, 11) is 3.10. The molecule has 0 spiro atoms. The Bertz CT molecular complexity index is 1710. The first-order chi connectivity index (χ1) is 20.1. The van der Waals surface area contributed by atoms with E-state index in [1.165, 1.54) is 18.0 Å². The highest BCUT2D eigenvalue weighted by molar-refractivity contribution is 6.32. The molecule has 1 atom stereocenters. The third-order valence-corrected chi connectivity index (χ3v) is 6.96. The number of methoxy groups -OCH3 is 2. The number of carbonyl (C=O) groups is 1. The second-order valence-electron chi connectivity index (χ2n) is 9.92. The molecule has 0 amide bonds. The molecule has 9 nitrogen and oxygen atoms in total. The lowest BCUT2D eigenvalue weighted by Crippen LogP contribution is -2.26. The highest BCUT2D eigenvalue weighted by atomic mass is 35.5. The molecule has 0 N–H and O–H groups in total. The number of carbonyl (C=O) groups excluding carboxylic acids is 1. The summed E-state index contributed by atoms with van der Waals surface area (Å²) in [6.45, 7) is 9.61. The van der Waals surface area contributed by atoms with E-state index in [9.17, 15) is 9.59 Å². The van der Waals surface area contributed by atoms with Crippen LogP contribution in [0.4, 0.5) is 0 Å². The first kappa shape index (κ1) is 30.6. The largest absolute Gasteiger partial charge is 0.496 e. The summed E-state index contributed by atoms with van der Waals surface area (Å²) in [6.07, 6.45) is 0.598. The monoisotopic (exact) mass is 591 g/mol. The van der Waals surface area contributed by atoms with E-state index in [0.717, 1.165) is 22.4 Å². The van der Waals surface area contributed by atoms with Gasteiger partial charge in [0.25, 0.3) is 5.56 Å². The number of aromatic nitrogens is 2. The average molecular weight is 592 g/mol. The van der Waals surface area contributed by atoms with Gasteiger partial charge in [0.05, 0.1) is 43.0 Å². The van der Waals surface area contributed by atoms with E-state index in [0.29, 0.717) is 22.3 Å². The number of esters is 1. The zero-order valence-corrected chi connectivity index (χ0v) is 25.5. The number of hydrogen-bond donors (Lipinski definition) is 0. The second-order valence-corrected chi connectivity index (χ2v) is 10.3. The number of ether oxygens (including phenoxy) is 4. The number of halogens is 1. The van der Waals surface area contributed by atoms with Gasteiger partial charge in [0.15, 0.2) is 23.4 Å². The van der Waals surface area contributed by atoms with Gasteiger partial charge in [-0.15, -0.1) is 0 Å². The van der Waals surface area contributed by atoms with Crippen LogP contribution in [-0.2, 0) is 9.53 Å². The van der Waals surface area contributed by atoms with Gasteiger partial charge in [-0.3, -0.25) is 4.79 Å². The van der Waals surface area contributed by atoms with E-state index in [-0.39, 0.29) is 34.6 Å². The molecule has 42 heavy (non-hydrogen) atoms. The normalized spacial score (nSPS) is 12.1. The first-order valence-electron chi connectivity index (χ1n) is 13.5. The molecule has 4 aromatic rings. The van der Waals surface area contributed by atoms with E-state index >= 15 is 0 Å². The van der Waals surface area contributed by atoms with Crippen molar-refractivity contribution in [3.63, 3.8) is 0 Å². The first-order valence-corrected chi connectivity index (χ1v) is 13.9. The Hall–Kier alpha value is -4.37. The summed E-state index contributed by atoms with van der Waals surface area (Å²) in [6, 6.07) is 14.4. The minimum absolute atomic E-state index is 0.172. The molecule has 1 heterocycles. The number of benzene rings is 3. The van der Waals surface area contributed by atoms with Crippen molar-refractivity contribution in [2.45, 2.75) is 46.6 Å². The molecule has 4 rings (SSSR count). The topological polar surface area (TPSA) is 101 Å². The van der Waals surface area contributed by atoms with Crippen LogP contribution in [0.5, 0.6) is 17.2 Å². The van der Waals surface area contributed by atoms with Crippen molar-refractivity contribution in [2.24, 2.45) is 5.10 Å². The zero-order chi connectivity index (χ0) is 30.6. The lowest BCUT2D eigenvalue weighted by Gasteiger charge is -2.18. The van der Waals surface area contributed by atoms with E-state index in [4.69, 9.17) is 35.5 Å². The quantitative estimate of drug-likeness (QED) is 0.156. The highest BCUT2D eigenvalue weighted by Gasteiger charge is 2.21. The molecule has 1 aromatic heterocycles. The molecule has 0 saturated carbocycles. The number of rotatable bonds is 10. The van der Waals surface area contributed by atoms with Gasteiger partial charge in [0.2, 0.25) is 0 Å². The summed E-state index contributed by atoms with van der Waals surface area (Å²) in [5.74, 6) is 1.29. The molecule has 0 bridgehead atoms. The van der Waals surface area contributed by atoms with E-state index in [2.05, 4.69) is 18.9 Å². The molecule has 0 aliphatic heterocycles. The van der Waals surface area contributed by atoms with Crippen molar-refractivity contribution < 1.29 is 23.7 Å². The Morgan fingerprint density at radius 3 is 2.45 bits per heavy atom. The Balaban J connectivity index is 1.85. The Labute approximate surface area is 249 Å². The maximum atomic E-state index is 13.7. The fraction of sp³-hybridized carbons (Fsp3) is 0.312. The van der Waals surface area contributed by atoms with Gasteiger partial charge in [0, 0.05) is 5.56 Å². The van der Waals surface area contributed by atoms with Gasteiger partial charge in [-0.05, 0) is 79.8 Å². The zero-order valence-electron chi connectivity index (χ0n) is 24.7. The number of nitrogens with zero attached hydrogens (tertiary/aromatic N) is 3. The molecule has 0 aliphatic carbocycles. The van der Waals surface area contributed by atoms with Crippen molar-refractivity contribution in [3.05, 3.63) is 80.6 Å². The van der Waals surface area contributed by atoms with Crippen molar-refractivity contribution in [1.29, 1.82) is 0 Å². The molecule has 3 aromatic carbocycles. The number of hydrogen-bond acceptors (Lipinski definition) is 8. The van der Waals surface area contributed by atoms with Crippen molar-refractivity contribution >= 4 is 34.7 Å². The van der Waals surface area contributed by atoms with Crippen molar-refractivity contribution in [1.82, 2.24) is 9.66 Å². The summed E-state index contributed by atoms with van der Waals surface area (Å²) >= 11 is 6.54. The fourth-order valence-corrected chi connectivity index (χ4v) is 4.77. The lowest BCUT2D eigenvalue weighted by atomic mass is 9.96. The van der Waals surface area contributed by atoms with Gasteiger partial charge < -0.3 is 18.9 Å². The maximum absolute atomic E-state index is 13.7. The standard InChI is InChI=1S/C32H34ClN3O6/c1-8-41-32(38)20(5)42-29-25(33)14-21(15-28(29)40-7)17-34-36-30(35-26-12-10-9-11-22(26)31(36)37)24-16-23(18(2)3)27(39-6)13-19(24)4/h9-18,20H,8H2,1-7H3/t20-/m1/s1. The molecule has 0 aliphatic rings. The number of aryl methyl sites for hydroxylation is 1. The third-order valence-electron chi connectivity index (χ3n) is 6.68. The molecule has 10 heteroatoms. The van der Waals surface area contributed by atoms with Crippen LogP contribution in [0.1, 0.15) is 50.3 Å². The summed E-state index contributed by atoms with van der Waals surface area (Å²) < 4.78 is 23.2. The van der Waals surface area contributed by atoms with Crippen LogP contribution in [0.25, 0.3) is 22.3 Å². The van der Waals surface area contributed by atoms with Crippen LogP contribution < -0.4 is 19.8 Å². The minimum Gasteiger partial charge on any atom is -0.496 e. The summed E-state index contributed by atoms with van der Waals surface area (Å²) in [5, 5.41) is 5.21. The third kappa shape index (κ3) is 6.26. The second kappa shape index (κ2) is 13.1. The number of fused-ring (bicyclic) bond motifs is 1. The van der Waals surface area contributed by atoms with Crippen LogP contribution in [0.15, 0.2) is 58.4 Å². The van der Waals surface area contributed by atoms with Crippen LogP contribution in [0, 0.1) is 6.92 Å². The van der Waals surface area contributed by atoms with Gasteiger partial charge in [-0.25, -0.2) is 9.78 Å². The van der Waals surface area contributed by atoms with E-state index in [1.54, 1.807) is 51.3 Å². The van der Waals surface area contributed by atoms with Gasteiger partial charge in [-0.2, -0.15) is 9.78 Å². The van der Waals surface area contributed by atoms with E-state index in [1.807, 2.05) is 25.1 Å². The molecule has 0 fully saturated rings. The highest BCUT2D eigenvalue weighted by Crippen LogP contribution is 2.37. The molecule has 220 valence electrons. The Kier molecular flexibility index (Phi) is 9.52. The van der Waals surface area contributed by atoms with Gasteiger partial charge >= 0.3 is 5.97 Å². The Morgan fingerprint density at radius 2 is 1.79 bits per heavy atom. The maximum Gasteiger partial charge on any atom is 0.347 e.